The number of Topliss-reactive ketones (excluding diaryl/α,β-unsaturated/α-hetero) is 1. The number of benzene rings is 4. The molecule has 2 N–H and O–H groups in total. The van der Waals surface area contributed by atoms with E-state index in [0.29, 0.717) is 43.8 Å². The maximum Gasteiger partial charge on any atom is 0.261 e. The monoisotopic (exact) mass is 955 g/mol. The molecule has 0 bridgehead atoms. The molecule has 6 nitrogen and oxygen atoms in total. The second-order valence-electron chi connectivity index (χ2n) is 23.7. The van der Waals surface area contributed by atoms with E-state index in [2.05, 4.69) is 189 Å². The van der Waals surface area contributed by atoms with Crippen LogP contribution in [0.2, 0.25) is 10.1 Å². The third-order valence-corrected chi connectivity index (χ3v) is 26.2. The lowest BCUT2D eigenvalue weighted by Crippen LogP contribution is -2.71. The number of fused-ring (bicyclic) bond motifs is 1. The highest BCUT2D eigenvalue weighted by molar-refractivity contribution is 7.00. The highest BCUT2D eigenvalue weighted by atomic mass is 28.4. The summed E-state index contributed by atoms with van der Waals surface area (Å²) in [6.07, 6.45) is 9.81. The molecule has 7 rings (SSSR count). The fourth-order valence-electron chi connectivity index (χ4n) is 13.1. The lowest BCUT2D eigenvalue weighted by Gasteiger charge is -2.53. The molecule has 0 aromatic heterocycles. The number of rotatable bonds is 16. The van der Waals surface area contributed by atoms with Gasteiger partial charge in [0, 0.05) is 19.4 Å². The number of carbonyl (C=O) groups is 1. The van der Waals surface area contributed by atoms with Gasteiger partial charge < -0.3 is 23.8 Å². The van der Waals surface area contributed by atoms with Crippen molar-refractivity contribution in [3.63, 3.8) is 0 Å². The first kappa shape index (κ1) is 52.1. The van der Waals surface area contributed by atoms with Gasteiger partial charge in [-0.1, -0.05) is 194 Å². The van der Waals surface area contributed by atoms with Crippen LogP contribution in [-0.4, -0.2) is 69.3 Å². The van der Waals surface area contributed by atoms with Crippen LogP contribution < -0.4 is 20.7 Å². The van der Waals surface area contributed by atoms with Crippen LogP contribution in [0.25, 0.3) is 0 Å². The van der Waals surface area contributed by atoms with Gasteiger partial charge in [-0.15, -0.1) is 0 Å². The average Bonchev–Trinajstić information content (AvgIpc) is 3.65. The summed E-state index contributed by atoms with van der Waals surface area (Å²) in [5, 5.41) is 28.2. The number of hydrogen-bond acceptors (Lipinski definition) is 6. The molecule has 0 heterocycles. The third kappa shape index (κ3) is 10.5. The number of ketones is 1. The van der Waals surface area contributed by atoms with Gasteiger partial charge in [-0.25, -0.2) is 0 Å². The standard InChI is InChI=1S/C60H82O6Si2/c1-44(42-64-43-58(9,10)62)53-36-37-54-46(25-24-38-59(53,54)11)34-35-47-39-48(65-67(56(3,4)5,49-26-16-12-17-27-49)50-28-18-13-19-29-50)40-55(60(47,63)41-45(2)61)66-68(57(6,7)8,51-30-20-14-21-31-51)52-32-22-15-23-33-52/h12-23,26-35,44,48,53-55,62-63H,24-25,36-43H2,1-11H3/b46-34+,47-35+/t44-,48-,53-,54+,55+,59-,60?/m1/s1. The van der Waals surface area contributed by atoms with Crippen molar-refractivity contribution >= 4 is 43.2 Å². The summed E-state index contributed by atoms with van der Waals surface area (Å²) in [4.78, 5) is 13.8. The maximum atomic E-state index is 13.8. The number of carbonyl (C=O) groups excluding carboxylic acids is 1. The second-order valence-corrected chi connectivity index (χ2v) is 32.3. The van der Waals surface area contributed by atoms with Crippen molar-refractivity contribution in [2.75, 3.05) is 13.2 Å². The van der Waals surface area contributed by atoms with Crippen molar-refractivity contribution in [1.82, 2.24) is 0 Å². The molecule has 7 atom stereocenters. The normalized spacial score (nSPS) is 26.7. The minimum absolute atomic E-state index is 0.0534. The molecule has 0 amide bonds. The molecule has 0 aliphatic heterocycles. The SMILES string of the molecule is CC(=O)CC1(O)/C(=C/C=C2\CCC[C@]3(C)[C@@H]([C@H](C)COCC(C)(C)O)CC[C@@H]23)C[C@@H](O[Si](c2ccccc2)(c2ccccc2)C(C)(C)C)C[C@@H]1O[Si](c1ccccc1)(c1ccccc1)C(C)(C)C. The van der Waals surface area contributed by atoms with Gasteiger partial charge in [0.2, 0.25) is 0 Å². The van der Waals surface area contributed by atoms with Gasteiger partial charge >= 0.3 is 0 Å². The van der Waals surface area contributed by atoms with E-state index in [0.717, 1.165) is 41.6 Å². The fourth-order valence-corrected chi connectivity index (χ4v) is 22.5. The molecule has 1 unspecified atom stereocenters. The van der Waals surface area contributed by atoms with Gasteiger partial charge in [-0.3, -0.25) is 4.79 Å². The van der Waals surface area contributed by atoms with Crippen molar-refractivity contribution in [3.8, 4) is 0 Å². The first-order chi connectivity index (χ1) is 32.0. The Labute approximate surface area is 411 Å². The van der Waals surface area contributed by atoms with Crippen LogP contribution >= 0.6 is 0 Å². The van der Waals surface area contributed by atoms with Crippen LogP contribution in [-0.2, 0) is 18.4 Å². The van der Waals surface area contributed by atoms with Crippen LogP contribution in [0.4, 0.5) is 0 Å². The summed E-state index contributed by atoms with van der Waals surface area (Å²) >= 11 is 0. The van der Waals surface area contributed by atoms with E-state index in [1.54, 1.807) is 20.8 Å². The molecular weight excluding hydrogens is 873 g/mol. The molecule has 68 heavy (non-hydrogen) atoms. The summed E-state index contributed by atoms with van der Waals surface area (Å²) in [5.74, 6) is 1.21. The van der Waals surface area contributed by atoms with Crippen LogP contribution in [0, 0.1) is 23.2 Å². The predicted molar refractivity (Wildman–Crippen MR) is 285 cm³/mol. The Morgan fingerprint density at radius 2 is 1.21 bits per heavy atom. The molecule has 8 heteroatoms. The Morgan fingerprint density at radius 1 is 0.735 bits per heavy atom. The Kier molecular flexibility index (Phi) is 15.7. The molecule has 0 spiro atoms. The van der Waals surface area contributed by atoms with Gasteiger partial charge in [0.05, 0.1) is 24.4 Å². The molecule has 0 radical (unpaired) electrons. The van der Waals surface area contributed by atoms with Gasteiger partial charge in [0.1, 0.15) is 11.4 Å². The number of aliphatic hydroxyl groups is 2. The summed E-state index contributed by atoms with van der Waals surface area (Å²) < 4.78 is 22.2. The van der Waals surface area contributed by atoms with Gasteiger partial charge in [0.15, 0.2) is 0 Å². The van der Waals surface area contributed by atoms with E-state index in [-0.39, 0.29) is 33.8 Å². The Bertz CT molecular complexity index is 2270. The van der Waals surface area contributed by atoms with Crippen molar-refractivity contribution in [3.05, 3.63) is 145 Å². The van der Waals surface area contributed by atoms with E-state index in [1.807, 2.05) is 0 Å². The molecule has 4 aromatic rings. The van der Waals surface area contributed by atoms with E-state index >= 15 is 0 Å². The second kappa shape index (κ2) is 20.5. The number of allylic oxidation sites excluding steroid dienone is 3. The molecule has 4 aromatic carbocycles. The molecular formula is C60H82O6Si2. The van der Waals surface area contributed by atoms with Crippen molar-refractivity contribution in [2.24, 2.45) is 23.2 Å². The van der Waals surface area contributed by atoms with Crippen LogP contribution in [0.15, 0.2) is 145 Å². The van der Waals surface area contributed by atoms with E-state index in [1.165, 1.54) is 22.4 Å². The molecule has 3 saturated carbocycles. The topological polar surface area (TPSA) is 85.2 Å². The van der Waals surface area contributed by atoms with Crippen LogP contribution in [0.1, 0.15) is 128 Å². The van der Waals surface area contributed by atoms with E-state index < -0.39 is 33.9 Å². The molecule has 366 valence electrons. The van der Waals surface area contributed by atoms with Crippen molar-refractivity contribution in [1.29, 1.82) is 0 Å². The zero-order valence-electron chi connectivity index (χ0n) is 43.2. The van der Waals surface area contributed by atoms with Crippen molar-refractivity contribution < 1.29 is 28.6 Å². The molecule has 3 fully saturated rings. The van der Waals surface area contributed by atoms with Gasteiger partial charge in [0.25, 0.3) is 16.6 Å². The van der Waals surface area contributed by atoms with E-state index in [4.69, 9.17) is 13.6 Å². The van der Waals surface area contributed by atoms with Gasteiger partial charge in [-0.05, 0) is 119 Å². The first-order valence-electron chi connectivity index (χ1n) is 25.5. The Balaban J connectivity index is 1.39. The predicted octanol–water partition coefficient (Wildman–Crippen LogP) is 10.9. The lowest BCUT2D eigenvalue weighted by atomic mass is 9.61. The lowest BCUT2D eigenvalue weighted by molar-refractivity contribution is -0.129. The van der Waals surface area contributed by atoms with Crippen molar-refractivity contribution in [2.45, 2.75) is 161 Å². The fraction of sp³-hybridized carbons (Fsp3) is 0.517. The minimum Gasteiger partial charge on any atom is -0.404 e. The summed E-state index contributed by atoms with van der Waals surface area (Å²) in [7, 11) is -6.34. The average molecular weight is 955 g/mol. The maximum absolute atomic E-state index is 13.8. The highest BCUT2D eigenvalue weighted by Gasteiger charge is 2.59. The summed E-state index contributed by atoms with van der Waals surface area (Å²) in [6.45, 7) is 24.8. The molecule has 0 saturated heterocycles. The highest BCUT2D eigenvalue weighted by Crippen LogP contribution is 2.59. The largest absolute Gasteiger partial charge is 0.404 e. The zero-order chi connectivity index (χ0) is 49.2. The smallest absolute Gasteiger partial charge is 0.261 e. The van der Waals surface area contributed by atoms with Crippen LogP contribution in [0.3, 0.4) is 0 Å². The molecule has 3 aliphatic rings. The third-order valence-electron chi connectivity index (χ3n) is 16.1. The van der Waals surface area contributed by atoms with Gasteiger partial charge in [-0.2, -0.15) is 0 Å². The zero-order valence-corrected chi connectivity index (χ0v) is 45.2. The first-order valence-corrected chi connectivity index (χ1v) is 29.4. The molecule has 3 aliphatic carbocycles. The van der Waals surface area contributed by atoms with E-state index in [9.17, 15) is 15.0 Å². The summed E-state index contributed by atoms with van der Waals surface area (Å²) in [6, 6.07) is 42.9. The minimum atomic E-state index is -3.26. The quantitative estimate of drug-likeness (QED) is 0.109. The number of ether oxygens (including phenoxy) is 1. The Morgan fingerprint density at radius 3 is 1.65 bits per heavy atom. The summed E-state index contributed by atoms with van der Waals surface area (Å²) in [5.41, 5.74) is -0.0849. The van der Waals surface area contributed by atoms with Crippen LogP contribution in [0.5, 0.6) is 0 Å². The Hall–Kier alpha value is -3.74. The number of hydrogen-bond donors (Lipinski definition) is 2.